The van der Waals surface area contributed by atoms with E-state index in [0.29, 0.717) is 12.3 Å². The average molecular weight is 309 g/mol. The van der Waals surface area contributed by atoms with Gasteiger partial charge in [-0.15, -0.1) is 0 Å². The summed E-state index contributed by atoms with van der Waals surface area (Å²) in [4.78, 5) is 13.8. The molecule has 0 saturated heterocycles. The summed E-state index contributed by atoms with van der Waals surface area (Å²) >= 11 is 9.00. The number of carbonyl (C=O) groups excluding carboxylic acids is 1. The lowest BCUT2D eigenvalue weighted by atomic mass is 10.2. The fraction of sp³-hybridized carbons (Fsp3) is 0.545. The van der Waals surface area contributed by atoms with Gasteiger partial charge in [0.15, 0.2) is 11.0 Å². The molecule has 0 aliphatic carbocycles. The molecule has 0 N–H and O–H groups in total. The zero-order valence-electron chi connectivity index (χ0n) is 9.37. The van der Waals surface area contributed by atoms with E-state index in [4.69, 9.17) is 16.0 Å². The van der Waals surface area contributed by atoms with Crippen LogP contribution >= 0.6 is 27.5 Å². The van der Waals surface area contributed by atoms with E-state index < -0.39 is 0 Å². The fourth-order valence-corrected chi connectivity index (χ4v) is 1.79. The van der Waals surface area contributed by atoms with Gasteiger partial charge in [-0.05, 0) is 44.0 Å². The van der Waals surface area contributed by atoms with Crippen molar-refractivity contribution in [2.45, 2.75) is 26.3 Å². The van der Waals surface area contributed by atoms with E-state index in [1.54, 1.807) is 17.0 Å². The Kier molecular flexibility index (Phi) is 5.35. The van der Waals surface area contributed by atoms with Crippen molar-refractivity contribution in [1.82, 2.24) is 4.90 Å². The van der Waals surface area contributed by atoms with E-state index in [9.17, 15) is 4.79 Å². The molecule has 0 saturated carbocycles. The van der Waals surface area contributed by atoms with Gasteiger partial charge in [0.25, 0.3) is 5.91 Å². The van der Waals surface area contributed by atoms with Crippen LogP contribution in [0.25, 0.3) is 0 Å². The molecule has 3 nitrogen and oxygen atoms in total. The normalized spacial score (nSPS) is 10.8. The van der Waals surface area contributed by atoms with Gasteiger partial charge in [0.2, 0.25) is 0 Å². The maximum absolute atomic E-state index is 12.1. The highest BCUT2D eigenvalue weighted by atomic mass is 79.9. The van der Waals surface area contributed by atoms with E-state index in [1.807, 2.05) is 13.8 Å². The van der Waals surface area contributed by atoms with Crippen LogP contribution in [0.5, 0.6) is 0 Å². The molecule has 16 heavy (non-hydrogen) atoms. The summed E-state index contributed by atoms with van der Waals surface area (Å²) in [7, 11) is 0. The second kappa shape index (κ2) is 6.30. The van der Waals surface area contributed by atoms with Crippen molar-refractivity contribution in [1.29, 1.82) is 0 Å². The minimum absolute atomic E-state index is 0.108. The first-order valence-corrected chi connectivity index (χ1v) is 6.68. The van der Waals surface area contributed by atoms with Crippen molar-refractivity contribution >= 4 is 33.4 Å². The third-order valence-corrected chi connectivity index (χ3v) is 2.96. The van der Waals surface area contributed by atoms with Crippen molar-refractivity contribution in [2.24, 2.45) is 0 Å². The molecule has 0 aliphatic rings. The fourth-order valence-electron chi connectivity index (χ4n) is 1.40. The monoisotopic (exact) mass is 307 g/mol. The van der Waals surface area contributed by atoms with E-state index in [-0.39, 0.29) is 17.2 Å². The third kappa shape index (κ3) is 3.52. The average Bonchev–Trinajstić information content (AvgIpc) is 2.64. The van der Waals surface area contributed by atoms with Crippen LogP contribution in [0, 0.1) is 0 Å². The number of furan rings is 1. The lowest BCUT2D eigenvalue weighted by molar-refractivity contribution is 0.0674. The van der Waals surface area contributed by atoms with E-state index in [0.717, 1.165) is 11.8 Å². The standard InChI is InChI=1S/C11H15BrClNO2/c1-8(2)14(7-3-6-12)11(15)9-4-5-10(13)16-9/h4-5,8H,3,6-7H2,1-2H3. The zero-order chi connectivity index (χ0) is 12.1. The first-order valence-electron chi connectivity index (χ1n) is 5.18. The summed E-state index contributed by atoms with van der Waals surface area (Å²) in [5, 5.41) is 1.12. The zero-order valence-corrected chi connectivity index (χ0v) is 11.7. The van der Waals surface area contributed by atoms with E-state index in [1.165, 1.54) is 0 Å². The molecular weight excluding hydrogens is 293 g/mol. The van der Waals surface area contributed by atoms with Gasteiger partial charge in [0.05, 0.1) is 0 Å². The largest absolute Gasteiger partial charge is 0.440 e. The Morgan fingerprint density at radius 2 is 2.25 bits per heavy atom. The maximum Gasteiger partial charge on any atom is 0.289 e. The van der Waals surface area contributed by atoms with Gasteiger partial charge < -0.3 is 9.32 Å². The molecule has 5 heteroatoms. The van der Waals surface area contributed by atoms with Gasteiger partial charge in [0, 0.05) is 17.9 Å². The molecule has 1 rings (SSSR count). The highest BCUT2D eigenvalue weighted by Gasteiger charge is 2.20. The second-order valence-corrected chi connectivity index (χ2v) is 4.90. The van der Waals surface area contributed by atoms with Gasteiger partial charge in [-0.3, -0.25) is 4.79 Å². The van der Waals surface area contributed by atoms with Crippen LogP contribution in [0.1, 0.15) is 30.8 Å². The van der Waals surface area contributed by atoms with Crippen LogP contribution in [0.4, 0.5) is 0 Å². The first kappa shape index (κ1) is 13.6. The molecule has 0 bridgehead atoms. The van der Waals surface area contributed by atoms with Crippen molar-refractivity contribution < 1.29 is 9.21 Å². The molecule has 0 aliphatic heterocycles. The number of hydrogen-bond acceptors (Lipinski definition) is 2. The predicted octanol–water partition coefficient (Wildman–Crippen LogP) is 3.57. The SMILES string of the molecule is CC(C)N(CCCBr)C(=O)c1ccc(Cl)o1. The van der Waals surface area contributed by atoms with Crippen LogP contribution in [0.3, 0.4) is 0 Å². The molecule has 0 atom stereocenters. The third-order valence-electron chi connectivity index (χ3n) is 2.20. The Labute approximate surface area is 109 Å². The lowest BCUT2D eigenvalue weighted by Crippen LogP contribution is -2.37. The smallest absolute Gasteiger partial charge is 0.289 e. The van der Waals surface area contributed by atoms with Crippen LogP contribution in [0.2, 0.25) is 5.22 Å². The minimum Gasteiger partial charge on any atom is -0.440 e. The van der Waals surface area contributed by atoms with Crippen LogP contribution in [-0.2, 0) is 0 Å². The Hall–Kier alpha value is -0.480. The van der Waals surface area contributed by atoms with Gasteiger partial charge in [-0.1, -0.05) is 15.9 Å². The summed E-state index contributed by atoms with van der Waals surface area (Å²) in [5.41, 5.74) is 0. The van der Waals surface area contributed by atoms with E-state index >= 15 is 0 Å². The molecule has 0 unspecified atom stereocenters. The molecule has 1 amide bonds. The Bertz CT molecular complexity index is 352. The molecule has 90 valence electrons. The maximum atomic E-state index is 12.1. The number of halogens is 2. The van der Waals surface area contributed by atoms with Gasteiger partial charge in [0.1, 0.15) is 0 Å². The molecule has 0 fully saturated rings. The summed E-state index contributed by atoms with van der Waals surface area (Å²) in [6, 6.07) is 3.34. The number of hydrogen-bond donors (Lipinski definition) is 0. The highest BCUT2D eigenvalue weighted by Crippen LogP contribution is 2.16. The van der Waals surface area contributed by atoms with Gasteiger partial charge >= 0.3 is 0 Å². The number of nitrogens with zero attached hydrogens (tertiary/aromatic N) is 1. The number of rotatable bonds is 5. The predicted molar refractivity (Wildman–Crippen MR) is 68.3 cm³/mol. The summed E-state index contributed by atoms with van der Waals surface area (Å²) in [6.45, 7) is 4.67. The summed E-state index contributed by atoms with van der Waals surface area (Å²) in [6.07, 6.45) is 0.915. The quantitative estimate of drug-likeness (QED) is 0.779. The number of alkyl halides is 1. The number of carbonyl (C=O) groups is 1. The van der Waals surface area contributed by atoms with Crippen molar-refractivity contribution in [2.75, 3.05) is 11.9 Å². The Morgan fingerprint density at radius 3 is 2.69 bits per heavy atom. The van der Waals surface area contributed by atoms with Crippen LogP contribution < -0.4 is 0 Å². The van der Waals surface area contributed by atoms with E-state index in [2.05, 4.69) is 15.9 Å². The minimum atomic E-state index is -0.108. The molecule has 1 aromatic rings. The number of amides is 1. The Balaban J connectivity index is 2.74. The highest BCUT2D eigenvalue weighted by molar-refractivity contribution is 9.09. The second-order valence-electron chi connectivity index (χ2n) is 3.74. The lowest BCUT2D eigenvalue weighted by Gasteiger charge is -2.25. The van der Waals surface area contributed by atoms with Crippen molar-refractivity contribution in [3.05, 3.63) is 23.1 Å². The molecular formula is C11H15BrClNO2. The van der Waals surface area contributed by atoms with Crippen molar-refractivity contribution in [3.63, 3.8) is 0 Å². The summed E-state index contributed by atoms with van der Waals surface area (Å²) in [5.74, 6) is 0.191. The first-order chi connectivity index (χ1) is 7.56. The molecule has 0 spiro atoms. The van der Waals surface area contributed by atoms with Crippen LogP contribution in [0.15, 0.2) is 16.5 Å². The van der Waals surface area contributed by atoms with Gasteiger partial charge in [-0.2, -0.15) is 0 Å². The molecule has 0 aromatic carbocycles. The summed E-state index contributed by atoms with van der Waals surface area (Å²) < 4.78 is 5.12. The molecule has 0 radical (unpaired) electrons. The van der Waals surface area contributed by atoms with Crippen LogP contribution in [-0.4, -0.2) is 28.7 Å². The van der Waals surface area contributed by atoms with Crippen molar-refractivity contribution in [3.8, 4) is 0 Å². The van der Waals surface area contributed by atoms with Gasteiger partial charge in [-0.25, -0.2) is 0 Å². The topological polar surface area (TPSA) is 33.5 Å². The molecule has 1 aromatic heterocycles. The molecule has 1 heterocycles. The Morgan fingerprint density at radius 1 is 1.56 bits per heavy atom.